The van der Waals surface area contributed by atoms with Crippen LogP contribution in [0.5, 0.6) is 0 Å². The highest BCUT2D eigenvalue weighted by atomic mass is 16.5. The van der Waals surface area contributed by atoms with Crippen LogP contribution in [-0.4, -0.2) is 63.3 Å². The van der Waals surface area contributed by atoms with Gasteiger partial charge in [-0.25, -0.2) is 0 Å². The number of hydrogen-bond acceptors (Lipinski definition) is 4. The average Bonchev–Trinajstić information content (AvgIpc) is 2.88. The van der Waals surface area contributed by atoms with Gasteiger partial charge in [0.1, 0.15) is 0 Å². The Bertz CT molecular complexity index is 260. The molecule has 0 radical (unpaired) electrons. The topological polar surface area (TPSA) is 53.6 Å². The summed E-state index contributed by atoms with van der Waals surface area (Å²) in [5, 5.41) is 6.32. The second kappa shape index (κ2) is 5.80. The van der Waals surface area contributed by atoms with E-state index in [0.717, 1.165) is 38.0 Å². The number of carbonyl (C=O) groups is 1. The van der Waals surface area contributed by atoms with Crippen LogP contribution in [0.4, 0.5) is 0 Å². The Morgan fingerprint density at radius 2 is 2.12 bits per heavy atom. The van der Waals surface area contributed by atoms with Crippen LogP contribution in [0, 0.1) is 11.8 Å². The molecule has 5 nitrogen and oxygen atoms in total. The van der Waals surface area contributed by atoms with Gasteiger partial charge in [0.15, 0.2) is 0 Å². The molecule has 0 spiro atoms. The molecular weight excluding hydrogens is 218 g/mol. The van der Waals surface area contributed by atoms with Crippen molar-refractivity contribution in [3.63, 3.8) is 0 Å². The SMILES string of the molecule is COCCNC(=O)C(C)N1C[C@H]2CNC[C@H]2C1. The normalized spacial score (nSPS) is 30.2. The van der Waals surface area contributed by atoms with E-state index in [1.165, 1.54) is 0 Å². The van der Waals surface area contributed by atoms with Crippen LogP contribution in [0.25, 0.3) is 0 Å². The summed E-state index contributed by atoms with van der Waals surface area (Å²) < 4.78 is 4.92. The number of hydrogen-bond donors (Lipinski definition) is 2. The van der Waals surface area contributed by atoms with E-state index in [1.54, 1.807) is 7.11 Å². The van der Waals surface area contributed by atoms with E-state index in [1.807, 2.05) is 6.92 Å². The molecule has 2 aliphatic heterocycles. The van der Waals surface area contributed by atoms with Crippen LogP contribution in [0.1, 0.15) is 6.92 Å². The fourth-order valence-electron chi connectivity index (χ4n) is 2.80. The molecule has 2 fully saturated rings. The molecule has 1 amide bonds. The van der Waals surface area contributed by atoms with Gasteiger partial charge in [-0.15, -0.1) is 0 Å². The van der Waals surface area contributed by atoms with Crippen LogP contribution in [-0.2, 0) is 9.53 Å². The highest BCUT2D eigenvalue weighted by molar-refractivity contribution is 5.81. The van der Waals surface area contributed by atoms with E-state index in [0.29, 0.717) is 13.2 Å². The van der Waals surface area contributed by atoms with Crippen molar-refractivity contribution in [3.05, 3.63) is 0 Å². The van der Waals surface area contributed by atoms with Crippen LogP contribution in [0.3, 0.4) is 0 Å². The van der Waals surface area contributed by atoms with Gasteiger partial charge in [-0.05, 0) is 31.8 Å². The summed E-state index contributed by atoms with van der Waals surface area (Å²) in [5.74, 6) is 1.60. The molecule has 1 unspecified atom stereocenters. The zero-order chi connectivity index (χ0) is 12.3. The number of nitrogens with zero attached hydrogens (tertiary/aromatic N) is 1. The third-order valence-corrected chi connectivity index (χ3v) is 3.95. The molecule has 0 aromatic rings. The quantitative estimate of drug-likeness (QED) is 0.624. The van der Waals surface area contributed by atoms with Gasteiger partial charge in [0.2, 0.25) is 5.91 Å². The summed E-state index contributed by atoms with van der Waals surface area (Å²) >= 11 is 0. The maximum atomic E-state index is 11.9. The van der Waals surface area contributed by atoms with E-state index >= 15 is 0 Å². The van der Waals surface area contributed by atoms with Gasteiger partial charge in [0, 0.05) is 26.7 Å². The lowest BCUT2D eigenvalue weighted by atomic mass is 10.0. The second-order valence-electron chi connectivity index (χ2n) is 5.09. The lowest BCUT2D eigenvalue weighted by molar-refractivity contribution is -0.125. The van der Waals surface area contributed by atoms with E-state index in [2.05, 4.69) is 15.5 Å². The van der Waals surface area contributed by atoms with Crippen LogP contribution in [0.2, 0.25) is 0 Å². The molecule has 0 saturated carbocycles. The largest absolute Gasteiger partial charge is 0.383 e. The predicted molar refractivity (Wildman–Crippen MR) is 65.8 cm³/mol. The molecule has 2 saturated heterocycles. The number of rotatable bonds is 5. The third kappa shape index (κ3) is 2.97. The lowest BCUT2D eigenvalue weighted by Crippen LogP contribution is -2.45. The lowest BCUT2D eigenvalue weighted by Gasteiger charge is -2.24. The number of likely N-dealkylation sites (tertiary alicyclic amines) is 1. The molecule has 3 atom stereocenters. The van der Waals surface area contributed by atoms with Gasteiger partial charge in [0.05, 0.1) is 12.6 Å². The maximum Gasteiger partial charge on any atom is 0.237 e. The van der Waals surface area contributed by atoms with E-state index in [-0.39, 0.29) is 11.9 Å². The van der Waals surface area contributed by atoms with Gasteiger partial charge in [-0.3, -0.25) is 9.69 Å². The van der Waals surface area contributed by atoms with Gasteiger partial charge in [-0.1, -0.05) is 0 Å². The first-order chi connectivity index (χ1) is 8.22. The fourth-order valence-corrected chi connectivity index (χ4v) is 2.80. The molecule has 98 valence electrons. The van der Waals surface area contributed by atoms with E-state index < -0.39 is 0 Å². The van der Waals surface area contributed by atoms with Gasteiger partial charge in [-0.2, -0.15) is 0 Å². The molecule has 0 aromatic heterocycles. The molecule has 2 N–H and O–H groups in total. The minimum Gasteiger partial charge on any atom is -0.383 e. The number of fused-ring (bicyclic) bond motifs is 1. The predicted octanol–water partition coefficient (Wildman–Crippen LogP) is -0.711. The fraction of sp³-hybridized carbons (Fsp3) is 0.917. The van der Waals surface area contributed by atoms with Crippen molar-refractivity contribution in [2.75, 3.05) is 46.4 Å². The van der Waals surface area contributed by atoms with Gasteiger partial charge in [0.25, 0.3) is 0 Å². The Balaban J connectivity index is 1.76. The van der Waals surface area contributed by atoms with Crippen molar-refractivity contribution < 1.29 is 9.53 Å². The second-order valence-corrected chi connectivity index (χ2v) is 5.09. The standard InChI is InChI=1S/C12H23N3O2/c1-9(12(16)14-3-4-17-2)15-7-10-5-13-6-11(10)8-15/h9-11,13H,3-8H2,1-2H3,(H,14,16)/t9?,10-,11+. The third-order valence-electron chi connectivity index (χ3n) is 3.95. The molecule has 0 aromatic carbocycles. The summed E-state index contributed by atoms with van der Waals surface area (Å²) in [6.45, 7) is 7.50. The molecule has 5 heteroatoms. The molecule has 0 aliphatic carbocycles. The van der Waals surface area contributed by atoms with Crippen molar-refractivity contribution in [3.8, 4) is 0 Å². The highest BCUT2D eigenvalue weighted by Crippen LogP contribution is 2.27. The monoisotopic (exact) mass is 241 g/mol. The Morgan fingerprint density at radius 3 is 2.71 bits per heavy atom. The summed E-state index contributed by atoms with van der Waals surface area (Å²) in [5.41, 5.74) is 0. The first-order valence-corrected chi connectivity index (χ1v) is 6.43. The minimum atomic E-state index is -0.0162. The van der Waals surface area contributed by atoms with Crippen molar-refractivity contribution in [2.24, 2.45) is 11.8 Å². The summed E-state index contributed by atoms with van der Waals surface area (Å²) in [4.78, 5) is 14.2. The van der Waals surface area contributed by atoms with Crippen molar-refractivity contribution in [1.29, 1.82) is 0 Å². The smallest absolute Gasteiger partial charge is 0.237 e. The van der Waals surface area contributed by atoms with E-state index in [4.69, 9.17) is 4.74 Å². The van der Waals surface area contributed by atoms with Crippen molar-refractivity contribution >= 4 is 5.91 Å². The molecule has 2 heterocycles. The zero-order valence-electron chi connectivity index (χ0n) is 10.7. The Kier molecular flexibility index (Phi) is 4.36. The van der Waals surface area contributed by atoms with Gasteiger partial charge >= 0.3 is 0 Å². The number of nitrogens with one attached hydrogen (secondary N) is 2. The molecular formula is C12H23N3O2. The van der Waals surface area contributed by atoms with E-state index in [9.17, 15) is 4.79 Å². The average molecular weight is 241 g/mol. The first kappa shape index (κ1) is 12.8. The first-order valence-electron chi connectivity index (χ1n) is 6.43. The number of ether oxygens (including phenoxy) is 1. The van der Waals surface area contributed by atoms with Crippen molar-refractivity contribution in [2.45, 2.75) is 13.0 Å². The Labute approximate surface area is 103 Å². The summed E-state index contributed by atoms with van der Waals surface area (Å²) in [7, 11) is 1.64. The zero-order valence-corrected chi connectivity index (χ0v) is 10.7. The number of methoxy groups -OCH3 is 1. The summed E-state index contributed by atoms with van der Waals surface area (Å²) in [6, 6.07) is -0.0162. The minimum absolute atomic E-state index is 0.0162. The molecule has 2 rings (SSSR count). The molecule has 0 bridgehead atoms. The Hall–Kier alpha value is -0.650. The van der Waals surface area contributed by atoms with Crippen molar-refractivity contribution in [1.82, 2.24) is 15.5 Å². The molecule has 2 aliphatic rings. The Morgan fingerprint density at radius 1 is 1.47 bits per heavy atom. The maximum absolute atomic E-state index is 11.9. The van der Waals surface area contributed by atoms with Crippen LogP contribution in [0.15, 0.2) is 0 Å². The van der Waals surface area contributed by atoms with Crippen LogP contribution >= 0.6 is 0 Å². The number of amides is 1. The van der Waals surface area contributed by atoms with Crippen LogP contribution < -0.4 is 10.6 Å². The summed E-state index contributed by atoms with van der Waals surface area (Å²) in [6.07, 6.45) is 0. The molecule has 17 heavy (non-hydrogen) atoms. The highest BCUT2D eigenvalue weighted by Gasteiger charge is 2.39. The number of carbonyl (C=O) groups excluding carboxylic acids is 1. The van der Waals surface area contributed by atoms with Gasteiger partial charge < -0.3 is 15.4 Å².